The summed E-state index contributed by atoms with van der Waals surface area (Å²) < 4.78 is 20.6. The van der Waals surface area contributed by atoms with Crippen molar-refractivity contribution in [3.63, 3.8) is 0 Å². The third-order valence-corrected chi connectivity index (χ3v) is 3.99. The monoisotopic (exact) mass is 312 g/mol. The van der Waals surface area contributed by atoms with Crippen molar-refractivity contribution in [3.05, 3.63) is 69.7 Å². The molecule has 0 N–H and O–H groups in total. The van der Waals surface area contributed by atoms with Crippen molar-refractivity contribution in [3.8, 4) is 16.9 Å². The summed E-state index contributed by atoms with van der Waals surface area (Å²) >= 11 is 1.45. The molecule has 0 atom stereocenters. The Morgan fingerprint density at radius 2 is 2.00 bits per heavy atom. The molecule has 0 radical (unpaired) electrons. The fourth-order valence-electron chi connectivity index (χ4n) is 2.47. The van der Waals surface area contributed by atoms with E-state index in [4.69, 9.17) is 4.42 Å². The van der Waals surface area contributed by atoms with Gasteiger partial charge in [-0.2, -0.15) is 0 Å². The number of hydrogen-bond acceptors (Lipinski definition) is 4. The fourth-order valence-corrected chi connectivity index (χ4v) is 3.02. The van der Waals surface area contributed by atoms with E-state index in [9.17, 15) is 9.18 Å². The van der Waals surface area contributed by atoms with E-state index >= 15 is 0 Å². The molecular weight excluding hydrogens is 303 g/mol. The molecule has 0 aliphatic rings. The van der Waals surface area contributed by atoms with Gasteiger partial charge in [0.2, 0.25) is 0 Å². The van der Waals surface area contributed by atoms with Crippen molar-refractivity contribution in [2.24, 2.45) is 0 Å². The van der Waals surface area contributed by atoms with Crippen molar-refractivity contribution >= 4 is 22.4 Å². The highest BCUT2D eigenvalue weighted by Gasteiger charge is 2.18. The summed E-state index contributed by atoms with van der Waals surface area (Å²) in [6.45, 7) is 0. The van der Waals surface area contributed by atoms with Crippen LogP contribution in [0.3, 0.4) is 0 Å². The predicted octanol–water partition coefficient (Wildman–Crippen LogP) is 3.85. The molecule has 4 nitrogen and oxygen atoms in total. The molecule has 2 aromatic heterocycles. The molecule has 0 amide bonds. The van der Waals surface area contributed by atoms with E-state index in [1.54, 1.807) is 35.8 Å². The van der Waals surface area contributed by atoms with Gasteiger partial charge in [-0.3, -0.25) is 0 Å². The van der Waals surface area contributed by atoms with E-state index in [0.29, 0.717) is 11.1 Å². The molecule has 22 heavy (non-hydrogen) atoms. The van der Waals surface area contributed by atoms with Gasteiger partial charge in [0.15, 0.2) is 5.58 Å². The first-order valence-electron chi connectivity index (χ1n) is 6.54. The number of thiazole rings is 1. The smallest absolute Gasteiger partial charge is 0.407 e. The molecule has 0 unspecified atom stereocenters. The first-order valence-corrected chi connectivity index (χ1v) is 7.48. The zero-order chi connectivity index (χ0) is 15.1. The van der Waals surface area contributed by atoms with E-state index in [0.717, 1.165) is 11.3 Å². The fraction of sp³-hybridized carbons (Fsp3) is 0. The number of rotatable bonds is 2. The minimum absolute atomic E-state index is 0.161. The van der Waals surface area contributed by atoms with Crippen LogP contribution in [0.5, 0.6) is 0 Å². The number of fused-ring (bicyclic) bond motifs is 1. The number of para-hydroxylation sites is 2. The summed E-state index contributed by atoms with van der Waals surface area (Å²) in [6, 6.07) is 11.4. The van der Waals surface area contributed by atoms with Gasteiger partial charge in [0.25, 0.3) is 0 Å². The highest BCUT2D eigenvalue weighted by atomic mass is 32.1. The van der Waals surface area contributed by atoms with Gasteiger partial charge in [0.1, 0.15) is 11.3 Å². The van der Waals surface area contributed by atoms with Gasteiger partial charge in [0.05, 0.1) is 16.9 Å². The second-order valence-corrected chi connectivity index (χ2v) is 5.40. The second-order valence-electron chi connectivity index (χ2n) is 4.68. The number of benzene rings is 2. The largest absolute Gasteiger partial charge is 0.424 e. The third kappa shape index (κ3) is 1.88. The molecule has 4 rings (SSSR count). The molecule has 2 heterocycles. The van der Waals surface area contributed by atoms with Crippen LogP contribution in [0.15, 0.2) is 62.6 Å². The Kier molecular flexibility index (Phi) is 2.90. The zero-order valence-corrected chi connectivity index (χ0v) is 12.0. The Balaban J connectivity index is 2.14. The lowest BCUT2D eigenvalue weighted by atomic mass is 10.1. The van der Waals surface area contributed by atoms with Crippen LogP contribution in [0.25, 0.3) is 28.0 Å². The Bertz CT molecular complexity index is 1020. The lowest BCUT2D eigenvalue weighted by molar-refractivity contribution is 0.533. The van der Waals surface area contributed by atoms with E-state index in [1.165, 1.54) is 22.0 Å². The SMILES string of the molecule is O=c1oc2cccc(-c3cscn3)c2n1-c1ccccc1F. The zero-order valence-electron chi connectivity index (χ0n) is 11.2. The summed E-state index contributed by atoms with van der Waals surface area (Å²) in [5.41, 5.74) is 4.24. The highest BCUT2D eigenvalue weighted by molar-refractivity contribution is 7.07. The normalized spacial score (nSPS) is 11.1. The average Bonchev–Trinajstić information content (AvgIpc) is 3.14. The maximum atomic E-state index is 14.1. The molecule has 0 aliphatic heterocycles. The Hall–Kier alpha value is -2.73. The van der Waals surface area contributed by atoms with Crippen molar-refractivity contribution < 1.29 is 8.81 Å². The van der Waals surface area contributed by atoms with Crippen LogP contribution in [0.2, 0.25) is 0 Å². The number of aromatic nitrogens is 2. The number of hydrogen-bond donors (Lipinski definition) is 0. The lowest BCUT2D eigenvalue weighted by Gasteiger charge is -2.06. The lowest BCUT2D eigenvalue weighted by Crippen LogP contribution is -2.13. The maximum absolute atomic E-state index is 14.1. The second kappa shape index (κ2) is 4.92. The molecule has 4 aromatic rings. The van der Waals surface area contributed by atoms with Crippen LogP contribution in [0.4, 0.5) is 4.39 Å². The van der Waals surface area contributed by atoms with E-state index in [-0.39, 0.29) is 5.69 Å². The molecule has 108 valence electrons. The van der Waals surface area contributed by atoms with Crippen LogP contribution in [0.1, 0.15) is 0 Å². The minimum atomic E-state index is -0.622. The van der Waals surface area contributed by atoms with Crippen LogP contribution < -0.4 is 5.76 Å². The first kappa shape index (κ1) is 13.0. The molecule has 6 heteroatoms. The van der Waals surface area contributed by atoms with Gasteiger partial charge in [-0.1, -0.05) is 24.3 Å². The first-order chi connectivity index (χ1) is 10.8. The predicted molar refractivity (Wildman–Crippen MR) is 82.9 cm³/mol. The quantitative estimate of drug-likeness (QED) is 0.565. The van der Waals surface area contributed by atoms with Gasteiger partial charge in [-0.15, -0.1) is 11.3 Å². The summed E-state index contributed by atoms with van der Waals surface area (Å²) in [7, 11) is 0. The van der Waals surface area contributed by atoms with E-state index in [2.05, 4.69) is 4.98 Å². The maximum Gasteiger partial charge on any atom is 0.424 e. The van der Waals surface area contributed by atoms with Crippen molar-refractivity contribution in [1.82, 2.24) is 9.55 Å². The van der Waals surface area contributed by atoms with Gasteiger partial charge in [0, 0.05) is 10.9 Å². The van der Waals surface area contributed by atoms with Crippen molar-refractivity contribution in [1.29, 1.82) is 0 Å². The van der Waals surface area contributed by atoms with Crippen LogP contribution >= 0.6 is 11.3 Å². The Labute approximate surface area is 128 Å². The Morgan fingerprint density at radius 1 is 1.14 bits per heavy atom. The molecule has 0 spiro atoms. The number of halogens is 1. The third-order valence-electron chi connectivity index (χ3n) is 3.40. The van der Waals surface area contributed by atoms with Crippen molar-refractivity contribution in [2.75, 3.05) is 0 Å². The van der Waals surface area contributed by atoms with E-state index < -0.39 is 11.6 Å². The van der Waals surface area contributed by atoms with Crippen LogP contribution in [-0.2, 0) is 0 Å². The number of nitrogens with zero attached hydrogens (tertiary/aromatic N) is 2. The molecule has 0 bridgehead atoms. The molecule has 0 fully saturated rings. The van der Waals surface area contributed by atoms with Gasteiger partial charge in [-0.05, 0) is 18.2 Å². The molecule has 0 saturated heterocycles. The highest BCUT2D eigenvalue weighted by Crippen LogP contribution is 2.30. The summed E-state index contributed by atoms with van der Waals surface area (Å²) in [5.74, 6) is -1.11. The van der Waals surface area contributed by atoms with Crippen LogP contribution in [-0.4, -0.2) is 9.55 Å². The van der Waals surface area contributed by atoms with Crippen LogP contribution in [0, 0.1) is 5.82 Å². The standard InChI is InChI=1S/C16H9FN2O2S/c17-11-5-1-2-6-13(11)19-15-10(12-8-22-9-18-12)4-3-7-14(15)21-16(19)20/h1-9H. The summed E-state index contributed by atoms with van der Waals surface area (Å²) in [6.07, 6.45) is 0. The van der Waals surface area contributed by atoms with E-state index in [1.807, 2.05) is 11.4 Å². The number of oxazole rings is 1. The molecule has 0 saturated carbocycles. The van der Waals surface area contributed by atoms with Crippen molar-refractivity contribution in [2.45, 2.75) is 0 Å². The minimum Gasteiger partial charge on any atom is -0.407 e. The topological polar surface area (TPSA) is 48.0 Å². The molecule has 0 aliphatic carbocycles. The Morgan fingerprint density at radius 3 is 2.77 bits per heavy atom. The molecular formula is C16H9FN2O2S. The average molecular weight is 312 g/mol. The molecule has 2 aromatic carbocycles. The van der Waals surface area contributed by atoms with Gasteiger partial charge in [-0.25, -0.2) is 18.7 Å². The van der Waals surface area contributed by atoms with Gasteiger partial charge < -0.3 is 4.42 Å². The summed E-state index contributed by atoms with van der Waals surface area (Å²) in [5, 5.41) is 1.87. The van der Waals surface area contributed by atoms with Gasteiger partial charge >= 0.3 is 5.76 Å². The summed E-state index contributed by atoms with van der Waals surface area (Å²) in [4.78, 5) is 16.5.